The predicted octanol–water partition coefficient (Wildman–Crippen LogP) is 3.36. The number of aromatic nitrogens is 2. The molecule has 2 heterocycles. The number of carbonyl (C=O) groups excluding carboxylic acids is 1. The summed E-state index contributed by atoms with van der Waals surface area (Å²) in [7, 11) is 0. The van der Waals surface area contributed by atoms with Crippen molar-refractivity contribution in [3.63, 3.8) is 0 Å². The third-order valence-electron chi connectivity index (χ3n) is 5.49. The van der Waals surface area contributed by atoms with Crippen LogP contribution in [0.25, 0.3) is 16.9 Å². The van der Waals surface area contributed by atoms with Crippen molar-refractivity contribution in [2.45, 2.75) is 13.8 Å². The molecule has 0 bridgehead atoms. The van der Waals surface area contributed by atoms with E-state index in [0.29, 0.717) is 23.5 Å². The summed E-state index contributed by atoms with van der Waals surface area (Å²) in [5.41, 5.74) is 4.09. The number of halogens is 1. The lowest BCUT2D eigenvalue weighted by molar-refractivity contribution is 0.0383. The van der Waals surface area contributed by atoms with Crippen LogP contribution < -0.4 is 5.32 Å². The second-order valence-corrected chi connectivity index (χ2v) is 7.81. The number of benzene rings is 2. The molecular weight excluding hydrogens is 395 g/mol. The number of ether oxygens (including phenoxy) is 1. The van der Waals surface area contributed by atoms with Gasteiger partial charge in [-0.3, -0.25) is 9.69 Å². The molecule has 1 aromatic heterocycles. The van der Waals surface area contributed by atoms with Gasteiger partial charge in [0.15, 0.2) is 0 Å². The van der Waals surface area contributed by atoms with Crippen molar-refractivity contribution < 1.29 is 13.9 Å². The largest absolute Gasteiger partial charge is 0.379 e. The van der Waals surface area contributed by atoms with Gasteiger partial charge in [0.2, 0.25) is 0 Å². The van der Waals surface area contributed by atoms with Crippen molar-refractivity contribution in [1.29, 1.82) is 0 Å². The van der Waals surface area contributed by atoms with Crippen molar-refractivity contribution in [2.75, 3.05) is 39.4 Å². The van der Waals surface area contributed by atoms with Gasteiger partial charge in [-0.1, -0.05) is 29.8 Å². The first-order valence-corrected chi connectivity index (χ1v) is 10.5. The number of aryl methyl sites for hydroxylation is 2. The highest BCUT2D eigenvalue weighted by Gasteiger charge is 2.20. The van der Waals surface area contributed by atoms with E-state index in [9.17, 15) is 9.18 Å². The van der Waals surface area contributed by atoms with Crippen LogP contribution in [0.1, 0.15) is 21.6 Å². The minimum Gasteiger partial charge on any atom is -0.379 e. The average molecular weight is 423 g/mol. The monoisotopic (exact) mass is 422 g/mol. The Morgan fingerprint density at radius 2 is 1.90 bits per heavy atom. The fourth-order valence-electron chi connectivity index (χ4n) is 3.81. The molecule has 1 saturated heterocycles. The standard InChI is InChI=1S/C24H27FN4O2/c1-17-7-8-22(18(2)15-17)29-23(16-21(27-29)19-5-3-4-6-20(19)25)24(30)26-9-10-28-11-13-31-14-12-28/h3-8,15-16H,9-14H2,1-2H3,(H,26,30). The summed E-state index contributed by atoms with van der Waals surface area (Å²) in [6, 6.07) is 14.1. The van der Waals surface area contributed by atoms with Crippen LogP contribution in [0.3, 0.4) is 0 Å². The molecule has 1 aliphatic heterocycles. The molecule has 1 aliphatic rings. The first-order valence-electron chi connectivity index (χ1n) is 10.5. The van der Waals surface area contributed by atoms with Gasteiger partial charge in [-0.05, 0) is 43.7 Å². The van der Waals surface area contributed by atoms with E-state index >= 15 is 0 Å². The molecule has 2 aromatic carbocycles. The molecule has 0 aliphatic carbocycles. The van der Waals surface area contributed by atoms with E-state index in [1.54, 1.807) is 28.9 Å². The highest BCUT2D eigenvalue weighted by molar-refractivity contribution is 5.94. The van der Waals surface area contributed by atoms with Crippen LogP contribution in [0.2, 0.25) is 0 Å². The van der Waals surface area contributed by atoms with Crippen LogP contribution in [-0.4, -0.2) is 60.0 Å². The Labute approximate surface area is 181 Å². The summed E-state index contributed by atoms with van der Waals surface area (Å²) in [5, 5.41) is 7.60. The molecule has 0 unspecified atom stereocenters. The highest BCUT2D eigenvalue weighted by atomic mass is 19.1. The van der Waals surface area contributed by atoms with E-state index in [1.165, 1.54) is 6.07 Å². The minimum absolute atomic E-state index is 0.233. The van der Waals surface area contributed by atoms with Crippen LogP contribution in [0.15, 0.2) is 48.5 Å². The van der Waals surface area contributed by atoms with Gasteiger partial charge in [-0.15, -0.1) is 0 Å². The summed E-state index contributed by atoms with van der Waals surface area (Å²) in [6.07, 6.45) is 0. The number of amides is 1. The van der Waals surface area contributed by atoms with Gasteiger partial charge >= 0.3 is 0 Å². The Morgan fingerprint density at radius 3 is 2.65 bits per heavy atom. The van der Waals surface area contributed by atoms with Crippen molar-refractivity contribution in [1.82, 2.24) is 20.0 Å². The van der Waals surface area contributed by atoms with Crippen molar-refractivity contribution in [3.8, 4) is 16.9 Å². The Bertz CT molecular complexity index is 1070. The van der Waals surface area contributed by atoms with E-state index in [-0.39, 0.29) is 11.7 Å². The molecule has 1 N–H and O–H groups in total. The first kappa shape index (κ1) is 21.2. The minimum atomic E-state index is -0.368. The van der Waals surface area contributed by atoms with Crippen LogP contribution in [0.4, 0.5) is 4.39 Å². The van der Waals surface area contributed by atoms with E-state index < -0.39 is 0 Å². The van der Waals surface area contributed by atoms with Gasteiger partial charge < -0.3 is 10.1 Å². The molecule has 162 valence electrons. The Morgan fingerprint density at radius 1 is 1.13 bits per heavy atom. The number of nitrogens with one attached hydrogen (secondary N) is 1. The lowest BCUT2D eigenvalue weighted by Crippen LogP contribution is -2.41. The number of hydrogen-bond donors (Lipinski definition) is 1. The maximum absolute atomic E-state index is 14.4. The Kier molecular flexibility index (Phi) is 6.44. The zero-order valence-corrected chi connectivity index (χ0v) is 17.9. The molecule has 1 fully saturated rings. The van der Waals surface area contributed by atoms with Crippen LogP contribution >= 0.6 is 0 Å². The van der Waals surface area contributed by atoms with Gasteiger partial charge in [-0.2, -0.15) is 5.10 Å². The smallest absolute Gasteiger partial charge is 0.270 e. The number of rotatable bonds is 6. The maximum Gasteiger partial charge on any atom is 0.270 e. The topological polar surface area (TPSA) is 59.4 Å². The van der Waals surface area contributed by atoms with E-state index in [0.717, 1.165) is 49.7 Å². The summed E-state index contributed by atoms with van der Waals surface area (Å²) in [5.74, 6) is -0.602. The molecule has 7 heteroatoms. The summed E-state index contributed by atoms with van der Waals surface area (Å²) in [6.45, 7) is 8.45. The van der Waals surface area contributed by atoms with Gasteiger partial charge in [-0.25, -0.2) is 9.07 Å². The number of carbonyl (C=O) groups is 1. The van der Waals surface area contributed by atoms with E-state index in [1.807, 2.05) is 32.0 Å². The number of nitrogens with zero attached hydrogens (tertiary/aromatic N) is 3. The molecule has 1 amide bonds. The Hall–Kier alpha value is -3.03. The quantitative estimate of drug-likeness (QED) is 0.662. The maximum atomic E-state index is 14.4. The van der Waals surface area contributed by atoms with Crippen LogP contribution in [0.5, 0.6) is 0 Å². The average Bonchev–Trinajstić information content (AvgIpc) is 3.20. The highest BCUT2D eigenvalue weighted by Crippen LogP contribution is 2.25. The fourth-order valence-corrected chi connectivity index (χ4v) is 3.81. The number of morpholine rings is 1. The molecule has 4 rings (SSSR count). The lowest BCUT2D eigenvalue weighted by Gasteiger charge is -2.26. The molecule has 0 atom stereocenters. The second-order valence-electron chi connectivity index (χ2n) is 7.81. The summed E-state index contributed by atoms with van der Waals surface area (Å²) >= 11 is 0. The van der Waals surface area contributed by atoms with E-state index in [2.05, 4.69) is 15.3 Å². The fraction of sp³-hybridized carbons (Fsp3) is 0.333. The van der Waals surface area contributed by atoms with Crippen LogP contribution in [-0.2, 0) is 4.74 Å². The SMILES string of the molecule is Cc1ccc(-n2nc(-c3ccccc3F)cc2C(=O)NCCN2CCOCC2)c(C)c1. The van der Waals surface area contributed by atoms with Gasteiger partial charge in [0.1, 0.15) is 11.5 Å². The van der Waals surface area contributed by atoms with E-state index in [4.69, 9.17) is 4.74 Å². The Balaban J connectivity index is 1.63. The predicted molar refractivity (Wildman–Crippen MR) is 118 cm³/mol. The van der Waals surface area contributed by atoms with Crippen molar-refractivity contribution >= 4 is 5.91 Å². The molecule has 0 saturated carbocycles. The molecule has 3 aromatic rings. The van der Waals surface area contributed by atoms with Gasteiger partial charge in [0, 0.05) is 31.7 Å². The van der Waals surface area contributed by atoms with Gasteiger partial charge in [0.05, 0.1) is 24.6 Å². The third-order valence-corrected chi connectivity index (χ3v) is 5.49. The molecule has 0 spiro atoms. The van der Waals surface area contributed by atoms with Gasteiger partial charge in [0.25, 0.3) is 5.91 Å². The number of hydrogen-bond acceptors (Lipinski definition) is 4. The molecule has 31 heavy (non-hydrogen) atoms. The molecule has 6 nitrogen and oxygen atoms in total. The molecular formula is C24H27FN4O2. The summed E-state index contributed by atoms with van der Waals surface area (Å²) < 4.78 is 21.4. The zero-order valence-electron chi connectivity index (χ0n) is 17.9. The second kappa shape index (κ2) is 9.41. The molecule has 0 radical (unpaired) electrons. The third kappa shape index (κ3) is 4.84. The lowest BCUT2D eigenvalue weighted by atomic mass is 10.1. The zero-order chi connectivity index (χ0) is 21.8. The van der Waals surface area contributed by atoms with Crippen LogP contribution in [0, 0.1) is 19.7 Å². The normalized spacial score (nSPS) is 14.5. The summed E-state index contributed by atoms with van der Waals surface area (Å²) in [4.78, 5) is 15.3. The van der Waals surface area contributed by atoms with Crippen molar-refractivity contribution in [2.24, 2.45) is 0 Å². The van der Waals surface area contributed by atoms with Crippen molar-refractivity contribution in [3.05, 3.63) is 71.2 Å². The first-order chi connectivity index (χ1) is 15.0.